The molecule has 3 nitrogen and oxygen atoms in total. The van der Waals surface area contributed by atoms with Gasteiger partial charge in [-0.1, -0.05) is 24.3 Å². The smallest absolute Gasteiger partial charge is 0.246 e. The highest BCUT2D eigenvalue weighted by Crippen LogP contribution is 2.24. The molecule has 0 radical (unpaired) electrons. The molecule has 0 aromatic heterocycles. The molecule has 2 aromatic rings. The zero-order valence-electron chi connectivity index (χ0n) is 11.8. The third-order valence-electron chi connectivity index (χ3n) is 3.75. The van der Waals surface area contributed by atoms with Crippen LogP contribution < -0.4 is 10.6 Å². The van der Waals surface area contributed by atoms with E-state index in [2.05, 4.69) is 10.6 Å². The van der Waals surface area contributed by atoms with Crippen molar-refractivity contribution in [3.05, 3.63) is 59.4 Å². The van der Waals surface area contributed by atoms with Gasteiger partial charge in [0.25, 0.3) is 0 Å². The first kappa shape index (κ1) is 13.6. The van der Waals surface area contributed by atoms with Crippen LogP contribution in [-0.2, 0) is 11.2 Å². The van der Waals surface area contributed by atoms with Crippen LogP contribution in [0.3, 0.4) is 0 Å². The predicted octanol–water partition coefficient (Wildman–Crippen LogP) is 3.50. The zero-order valence-corrected chi connectivity index (χ0v) is 11.8. The lowest BCUT2D eigenvalue weighted by atomic mass is 10.1. The number of fused-ring (bicyclic) bond motifs is 1. The summed E-state index contributed by atoms with van der Waals surface area (Å²) >= 11 is 0. The quantitative estimate of drug-likeness (QED) is 0.886. The fraction of sp³-hybridized carbons (Fsp3) is 0.235. The van der Waals surface area contributed by atoms with Gasteiger partial charge in [-0.25, -0.2) is 4.39 Å². The Morgan fingerprint density at radius 2 is 2.05 bits per heavy atom. The van der Waals surface area contributed by atoms with E-state index in [1.165, 1.54) is 6.07 Å². The molecule has 2 aromatic carbocycles. The van der Waals surface area contributed by atoms with Gasteiger partial charge in [0.1, 0.15) is 11.9 Å². The van der Waals surface area contributed by atoms with Gasteiger partial charge in [0.2, 0.25) is 5.91 Å². The summed E-state index contributed by atoms with van der Waals surface area (Å²) in [5.74, 6) is -0.462. The summed E-state index contributed by atoms with van der Waals surface area (Å²) in [6.07, 6.45) is 1.41. The Balaban J connectivity index is 1.81. The third-order valence-corrected chi connectivity index (χ3v) is 3.75. The van der Waals surface area contributed by atoms with Gasteiger partial charge >= 0.3 is 0 Å². The average molecular weight is 284 g/mol. The van der Waals surface area contributed by atoms with Gasteiger partial charge in [0.15, 0.2) is 0 Å². The summed E-state index contributed by atoms with van der Waals surface area (Å²) in [5, 5.41) is 5.93. The number of anilines is 2. The molecule has 1 unspecified atom stereocenters. The van der Waals surface area contributed by atoms with Crippen molar-refractivity contribution >= 4 is 17.3 Å². The third kappa shape index (κ3) is 2.89. The molecule has 1 aliphatic heterocycles. The fourth-order valence-electron chi connectivity index (χ4n) is 2.59. The molecule has 3 rings (SSSR count). The molecule has 0 saturated heterocycles. The molecule has 1 atom stereocenters. The number of para-hydroxylation sites is 1. The fourth-order valence-corrected chi connectivity index (χ4v) is 2.59. The summed E-state index contributed by atoms with van der Waals surface area (Å²) in [4.78, 5) is 12.3. The van der Waals surface area contributed by atoms with E-state index in [9.17, 15) is 9.18 Å². The number of halogens is 1. The van der Waals surface area contributed by atoms with E-state index >= 15 is 0 Å². The first-order valence-corrected chi connectivity index (χ1v) is 7.05. The molecule has 1 aliphatic rings. The molecule has 108 valence electrons. The van der Waals surface area contributed by atoms with E-state index in [4.69, 9.17) is 0 Å². The highest BCUT2D eigenvalue weighted by molar-refractivity contribution is 5.97. The number of amides is 1. The molecule has 4 heteroatoms. The van der Waals surface area contributed by atoms with Gasteiger partial charge in [-0.15, -0.1) is 0 Å². The van der Waals surface area contributed by atoms with Crippen molar-refractivity contribution in [2.75, 3.05) is 10.6 Å². The standard InChI is InChI=1S/C17H17FN2O/c1-11-6-8-13(18)16(10-11)19-15-9-7-12-4-2-3-5-14(12)20-17(15)21/h2-6,8,10,15,19H,7,9H2,1H3,(H,20,21). The zero-order chi connectivity index (χ0) is 14.8. The van der Waals surface area contributed by atoms with Crippen LogP contribution in [0, 0.1) is 12.7 Å². The molecule has 1 amide bonds. The summed E-state index contributed by atoms with van der Waals surface area (Å²) < 4.78 is 13.8. The maximum Gasteiger partial charge on any atom is 0.246 e. The molecule has 0 saturated carbocycles. The number of hydrogen-bond acceptors (Lipinski definition) is 2. The summed E-state index contributed by atoms with van der Waals surface area (Å²) in [7, 11) is 0. The van der Waals surface area contributed by atoms with Gasteiger partial charge < -0.3 is 10.6 Å². The van der Waals surface area contributed by atoms with E-state index in [0.29, 0.717) is 12.1 Å². The average Bonchev–Trinajstić information content (AvgIpc) is 2.62. The van der Waals surface area contributed by atoms with Gasteiger partial charge in [0.05, 0.1) is 5.69 Å². The Morgan fingerprint density at radius 1 is 1.24 bits per heavy atom. The van der Waals surface area contributed by atoms with Crippen molar-refractivity contribution in [2.45, 2.75) is 25.8 Å². The number of aryl methyl sites for hydroxylation is 2. The maximum absolute atomic E-state index is 13.8. The van der Waals surface area contributed by atoms with Crippen LogP contribution in [0.5, 0.6) is 0 Å². The van der Waals surface area contributed by atoms with Crippen LogP contribution in [0.4, 0.5) is 15.8 Å². The molecule has 21 heavy (non-hydrogen) atoms. The van der Waals surface area contributed by atoms with Gasteiger partial charge in [-0.3, -0.25) is 4.79 Å². The normalized spacial score (nSPS) is 17.6. The monoisotopic (exact) mass is 284 g/mol. The maximum atomic E-state index is 13.8. The first-order valence-electron chi connectivity index (χ1n) is 7.05. The summed E-state index contributed by atoms with van der Waals surface area (Å²) in [5.41, 5.74) is 3.29. The molecule has 2 N–H and O–H groups in total. The Morgan fingerprint density at radius 3 is 2.90 bits per heavy atom. The molecule has 1 heterocycles. The minimum Gasteiger partial charge on any atom is -0.371 e. The molecule has 0 bridgehead atoms. The first-order chi connectivity index (χ1) is 10.1. The van der Waals surface area contributed by atoms with E-state index in [-0.39, 0.29) is 11.7 Å². The van der Waals surface area contributed by atoms with Crippen molar-refractivity contribution in [1.82, 2.24) is 0 Å². The van der Waals surface area contributed by atoms with Crippen molar-refractivity contribution in [3.63, 3.8) is 0 Å². The van der Waals surface area contributed by atoms with Crippen molar-refractivity contribution in [1.29, 1.82) is 0 Å². The minimum atomic E-state index is -0.436. The summed E-state index contributed by atoms with van der Waals surface area (Å²) in [6, 6.07) is 12.2. The van der Waals surface area contributed by atoms with Crippen LogP contribution >= 0.6 is 0 Å². The number of nitrogens with one attached hydrogen (secondary N) is 2. The van der Waals surface area contributed by atoms with Gasteiger partial charge in [-0.2, -0.15) is 0 Å². The van der Waals surface area contributed by atoms with Crippen LogP contribution in [-0.4, -0.2) is 11.9 Å². The molecular weight excluding hydrogens is 267 g/mol. The van der Waals surface area contributed by atoms with Crippen molar-refractivity contribution in [3.8, 4) is 0 Å². The lowest BCUT2D eigenvalue weighted by Gasteiger charge is -2.17. The second-order valence-electron chi connectivity index (χ2n) is 5.37. The van der Waals surface area contributed by atoms with Gasteiger partial charge in [-0.05, 0) is 49.1 Å². The lowest BCUT2D eigenvalue weighted by molar-refractivity contribution is -0.116. The van der Waals surface area contributed by atoms with Crippen LogP contribution in [0.25, 0.3) is 0 Å². The van der Waals surface area contributed by atoms with Crippen molar-refractivity contribution < 1.29 is 9.18 Å². The van der Waals surface area contributed by atoms with Crippen LogP contribution in [0.15, 0.2) is 42.5 Å². The molecule has 0 aliphatic carbocycles. The SMILES string of the molecule is Cc1ccc(F)c(NC2CCc3ccccc3NC2=O)c1. The Kier molecular flexibility index (Phi) is 3.60. The van der Waals surface area contributed by atoms with E-state index in [1.807, 2.05) is 31.2 Å². The number of hydrogen-bond donors (Lipinski definition) is 2. The second kappa shape index (κ2) is 5.56. The topological polar surface area (TPSA) is 41.1 Å². The van der Waals surface area contributed by atoms with E-state index < -0.39 is 6.04 Å². The molecule has 0 spiro atoms. The second-order valence-corrected chi connectivity index (χ2v) is 5.37. The highest BCUT2D eigenvalue weighted by Gasteiger charge is 2.24. The Bertz CT molecular complexity index is 684. The molecular formula is C17H17FN2O. The van der Waals surface area contributed by atoms with Crippen LogP contribution in [0.2, 0.25) is 0 Å². The predicted molar refractivity (Wildman–Crippen MR) is 81.9 cm³/mol. The van der Waals surface area contributed by atoms with E-state index in [0.717, 1.165) is 23.2 Å². The van der Waals surface area contributed by atoms with Crippen molar-refractivity contribution in [2.24, 2.45) is 0 Å². The Labute approximate surface area is 123 Å². The van der Waals surface area contributed by atoms with Crippen LogP contribution in [0.1, 0.15) is 17.5 Å². The summed E-state index contributed by atoms with van der Waals surface area (Å²) in [6.45, 7) is 1.90. The highest BCUT2D eigenvalue weighted by atomic mass is 19.1. The number of rotatable bonds is 2. The number of benzene rings is 2. The Hall–Kier alpha value is -2.36. The lowest BCUT2D eigenvalue weighted by Crippen LogP contribution is -2.33. The minimum absolute atomic E-state index is 0.124. The molecule has 0 fully saturated rings. The number of carbonyl (C=O) groups is 1. The van der Waals surface area contributed by atoms with E-state index in [1.54, 1.807) is 12.1 Å². The van der Waals surface area contributed by atoms with Gasteiger partial charge in [0, 0.05) is 5.69 Å². The number of carbonyl (C=O) groups excluding carboxylic acids is 1. The largest absolute Gasteiger partial charge is 0.371 e.